The topological polar surface area (TPSA) is 72.6 Å². The van der Waals surface area contributed by atoms with Gasteiger partial charge in [0, 0.05) is 19.5 Å². The first-order valence-corrected chi connectivity index (χ1v) is 9.11. The van der Waals surface area contributed by atoms with Crippen LogP contribution in [0.3, 0.4) is 0 Å². The summed E-state index contributed by atoms with van der Waals surface area (Å²) < 4.78 is 33.1. The van der Waals surface area contributed by atoms with Crippen LogP contribution in [0.5, 0.6) is 5.75 Å². The van der Waals surface area contributed by atoms with Crippen LogP contribution < -0.4 is 10.5 Å². The van der Waals surface area contributed by atoms with Crippen molar-refractivity contribution in [1.82, 2.24) is 4.31 Å². The first kappa shape index (κ1) is 15.8. The van der Waals surface area contributed by atoms with Gasteiger partial charge in [-0.25, -0.2) is 8.42 Å². The zero-order valence-electron chi connectivity index (χ0n) is 13.4. The average molecular weight is 324 g/mol. The van der Waals surface area contributed by atoms with Crippen LogP contribution in [0, 0.1) is 5.41 Å². The highest BCUT2D eigenvalue weighted by Crippen LogP contribution is 2.38. The van der Waals surface area contributed by atoms with E-state index in [0.29, 0.717) is 24.5 Å². The van der Waals surface area contributed by atoms with Gasteiger partial charge >= 0.3 is 0 Å². The summed E-state index contributed by atoms with van der Waals surface area (Å²) in [5.74, 6) is 0.789. The van der Waals surface area contributed by atoms with Gasteiger partial charge in [0.25, 0.3) is 0 Å². The van der Waals surface area contributed by atoms with E-state index < -0.39 is 10.0 Å². The van der Waals surface area contributed by atoms with E-state index in [-0.39, 0.29) is 11.0 Å². The van der Waals surface area contributed by atoms with Crippen LogP contribution in [0.1, 0.15) is 32.8 Å². The van der Waals surface area contributed by atoms with Gasteiger partial charge in [-0.2, -0.15) is 4.31 Å². The maximum atomic E-state index is 12.8. The molecule has 2 aliphatic heterocycles. The monoisotopic (exact) mass is 324 g/mol. The fraction of sp³-hybridized carbons (Fsp3) is 0.625. The number of benzene rings is 1. The molecule has 1 fully saturated rings. The second-order valence-corrected chi connectivity index (χ2v) is 9.35. The molecule has 1 saturated heterocycles. The molecule has 122 valence electrons. The molecule has 22 heavy (non-hydrogen) atoms. The lowest BCUT2D eigenvalue weighted by Gasteiger charge is -2.22. The highest BCUT2D eigenvalue weighted by molar-refractivity contribution is 7.89. The molecular formula is C16H24N2O3S. The quantitative estimate of drug-likeness (QED) is 0.919. The van der Waals surface area contributed by atoms with Crippen LogP contribution in [0.2, 0.25) is 0 Å². The van der Waals surface area contributed by atoms with Gasteiger partial charge in [0.05, 0.1) is 4.90 Å². The summed E-state index contributed by atoms with van der Waals surface area (Å²) in [6, 6.07) is 5.18. The molecule has 0 amide bonds. The summed E-state index contributed by atoms with van der Waals surface area (Å²) in [4.78, 5) is 0.355. The fourth-order valence-corrected chi connectivity index (χ4v) is 4.89. The Morgan fingerprint density at radius 3 is 2.68 bits per heavy atom. The van der Waals surface area contributed by atoms with Crippen LogP contribution in [-0.2, 0) is 16.4 Å². The van der Waals surface area contributed by atoms with Crippen molar-refractivity contribution in [1.29, 1.82) is 0 Å². The summed E-state index contributed by atoms with van der Waals surface area (Å²) in [6.07, 6.45) is 1.54. The van der Waals surface area contributed by atoms with Gasteiger partial charge in [0.1, 0.15) is 11.4 Å². The van der Waals surface area contributed by atoms with Crippen LogP contribution in [0.15, 0.2) is 23.1 Å². The Morgan fingerprint density at radius 2 is 2.05 bits per heavy atom. The molecule has 1 aromatic rings. The Morgan fingerprint density at radius 1 is 1.32 bits per heavy atom. The van der Waals surface area contributed by atoms with Crippen LogP contribution in [0.4, 0.5) is 0 Å². The molecule has 0 aliphatic carbocycles. The number of sulfonamides is 1. The molecule has 0 bridgehead atoms. The third-order valence-electron chi connectivity index (χ3n) is 4.69. The predicted octanol–water partition coefficient (Wildman–Crippen LogP) is 1.76. The van der Waals surface area contributed by atoms with Gasteiger partial charge in [-0.05, 0) is 56.0 Å². The summed E-state index contributed by atoms with van der Waals surface area (Å²) >= 11 is 0. The third-order valence-corrected chi connectivity index (χ3v) is 6.53. The first-order chi connectivity index (χ1) is 10.2. The van der Waals surface area contributed by atoms with E-state index >= 15 is 0 Å². The molecule has 2 heterocycles. The van der Waals surface area contributed by atoms with Crippen LogP contribution in [-0.4, -0.2) is 38.0 Å². The molecule has 0 radical (unpaired) electrons. The Kier molecular flexibility index (Phi) is 3.54. The molecule has 0 saturated carbocycles. The van der Waals surface area contributed by atoms with E-state index in [4.69, 9.17) is 10.5 Å². The highest BCUT2D eigenvalue weighted by atomic mass is 32.2. The predicted molar refractivity (Wildman–Crippen MR) is 85.4 cm³/mol. The third kappa shape index (κ3) is 2.64. The zero-order valence-corrected chi connectivity index (χ0v) is 14.2. The van der Waals surface area contributed by atoms with E-state index in [0.717, 1.165) is 24.2 Å². The number of fused-ring (bicyclic) bond motifs is 1. The number of hydrogen-bond donors (Lipinski definition) is 1. The second kappa shape index (κ2) is 4.94. The average Bonchev–Trinajstić information content (AvgIpc) is 2.97. The summed E-state index contributed by atoms with van der Waals surface area (Å²) in [7, 11) is -3.46. The first-order valence-electron chi connectivity index (χ1n) is 7.67. The lowest BCUT2D eigenvalue weighted by atomic mass is 9.90. The standard InChI is InChI=1S/C16H24N2O3S/c1-15(2)9-12-8-13(4-5-14(12)21-15)22(19,20)18-7-6-16(3,10-17)11-18/h4-5,8H,6-7,9-11,17H2,1-3H3. The SMILES string of the molecule is CC1(CN)CCN(S(=O)(=O)c2ccc3c(c2)CC(C)(C)O3)C1. The number of ether oxygens (including phenoxy) is 1. The van der Waals surface area contributed by atoms with E-state index in [1.165, 1.54) is 0 Å². The lowest BCUT2D eigenvalue weighted by Crippen LogP contribution is -2.34. The van der Waals surface area contributed by atoms with Crippen molar-refractivity contribution in [3.63, 3.8) is 0 Å². The summed E-state index contributed by atoms with van der Waals surface area (Å²) in [5.41, 5.74) is 6.36. The van der Waals surface area contributed by atoms with Crippen LogP contribution >= 0.6 is 0 Å². The van der Waals surface area contributed by atoms with Gasteiger partial charge < -0.3 is 10.5 Å². The lowest BCUT2D eigenvalue weighted by molar-refractivity contribution is 0.138. The molecule has 2 aliphatic rings. The second-order valence-electron chi connectivity index (χ2n) is 7.41. The minimum atomic E-state index is -3.46. The van der Waals surface area contributed by atoms with Crippen molar-refractivity contribution in [2.45, 2.75) is 44.1 Å². The number of nitrogens with two attached hydrogens (primary N) is 1. The van der Waals surface area contributed by atoms with E-state index in [1.807, 2.05) is 20.8 Å². The maximum Gasteiger partial charge on any atom is 0.243 e. The summed E-state index contributed by atoms with van der Waals surface area (Å²) in [5, 5.41) is 0. The largest absolute Gasteiger partial charge is 0.487 e. The number of nitrogens with zero attached hydrogens (tertiary/aromatic N) is 1. The molecular weight excluding hydrogens is 300 g/mol. The van der Waals surface area contributed by atoms with Crippen LogP contribution in [0.25, 0.3) is 0 Å². The number of rotatable bonds is 3. The van der Waals surface area contributed by atoms with E-state index in [9.17, 15) is 8.42 Å². The highest BCUT2D eigenvalue weighted by Gasteiger charge is 2.39. The van der Waals surface area contributed by atoms with Gasteiger partial charge in [0.2, 0.25) is 10.0 Å². The molecule has 6 heteroatoms. The van der Waals surface area contributed by atoms with Gasteiger partial charge in [-0.3, -0.25) is 0 Å². The van der Waals surface area contributed by atoms with Crippen molar-refractivity contribution >= 4 is 10.0 Å². The maximum absolute atomic E-state index is 12.8. The van der Waals surface area contributed by atoms with E-state index in [2.05, 4.69) is 0 Å². The molecule has 2 N–H and O–H groups in total. The molecule has 5 nitrogen and oxygen atoms in total. The fourth-order valence-electron chi connectivity index (χ4n) is 3.25. The zero-order chi connectivity index (χ0) is 16.2. The normalized spacial score (nSPS) is 27.6. The van der Waals surface area contributed by atoms with E-state index in [1.54, 1.807) is 22.5 Å². The van der Waals surface area contributed by atoms with Gasteiger partial charge in [-0.15, -0.1) is 0 Å². The Bertz CT molecular complexity index is 699. The Balaban J connectivity index is 1.89. The smallest absolute Gasteiger partial charge is 0.243 e. The van der Waals surface area contributed by atoms with Gasteiger partial charge in [-0.1, -0.05) is 6.92 Å². The van der Waals surface area contributed by atoms with Gasteiger partial charge in [0.15, 0.2) is 0 Å². The molecule has 0 aromatic heterocycles. The molecule has 1 aromatic carbocycles. The van der Waals surface area contributed by atoms with Crippen molar-refractivity contribution < 1.29 is 13.2 Å². The summed E-state index contributed by atoms with van der Waals surface area (Å²) in [6.45, 7) is 7.59. The molecule has 3 rings (SSSR count). The molecule has 1 atom stereocenters. The Hall–Kier alpha value is -1.11. The minimum absolute atomic E-state index is 0.116. The minimum Gasteiger partial charge on any atom is -0.487 e. The Labute approximate surface area is 132 Å². The van der Waals surface area contributed by atoms with Crippen molar-refractivity contribution in [2.75, 3.05) is 19.6 Å². The van der Waals surface area contributed by atoms with Crippen molar-refractivity contribution in [3.8, 4) is 5.75 Å². The van der Waals surface area contributed by atoms with Crippen molar-refractivity contribution in [3.05, 3.63) is 23.8 Å². The molecule has 1 unspecified atom stereocenters. The van der Waals surface area contributed by atoms with Crippen molar-refractivity contribution in [2.24, 2.45) is 11.1 Å². The molecule has 0 spiro atoms. The number of hydrogen-bond acceptors (Lipinski definition) is 4.